The van der Waals surface area contributed by atoms with Gasteiger partial charge >= 0.3 is 6.03 Å². The van der Waals surface area contributed by atoms with Crippen molar-refractivity contribution in [3.05, 3.63) is 29.8 Å². The summed E-state index contributed by atoms with van der Waals surface area (Å²) >= 11 is 0. The molecule has 1 N–H and O–H groups in total. The van der Waals surface area contributed by atoms with Gasteiger partial charge in [0, 0.05) is 38.2 Å². The fourth-order valence-electron chi connectivity index (χ4n) is 4.89. The van der Waals surface area contributed by atoms with Gasteiger partial charge in [-0.2, -0.15) is 0 Å². The second-order valence-electron chi connectivity index (χ2n) is 8.65. The number of ether oxygens (including phenoxy) is 2. The first kappa shape index (κ1) is 21.6. The highest BCUT2D eigenvalue weighted by atomic mass is 16.5. The van der Waals surface area contributed by atoms with Gasteiger partial charge in [0.05, 0.1) is 13.2 Å². The molecule has 8 nitrogen and oxygen atoms in total. The average molecular weight is 430 g/mol. The Bertz CT molecular complexity index is 830. The van der Waals surface area contributed by atoms with Crippen molar-refractivity contribution in [3.8, 4) is 5.75 Å². The molecule has 3 aliphatic rings. The minimum absolute atomic E-state index is 0.0112. The SMILES string of the molecule is COc1ccccc1CN(CC1CCCO1)C(=O)CCN1C(=O)NC2(CCCC2)C1=O. The van der Waals surface area contributed by atoms with E-state index in [1.54, 1.807) is 12.0 Å². The zero-order valence-corrected chi connectivity index (χ0v) is 18.1. The minimum atomic E-state index is -0.741. The summed E-state index contributed by atoms with van der Waals surface area (Å²) in [6, 6.07) is 7.25. The highest BCUT2D eigenvalue weighted by molar-refractivity contribution is 6.07. The molecular weight excluding hydrogens is 398 g/mol. The third-order valence-corrected chi connectivity index (χ3v) is 6.61. The van der Waals surface area contributed by atoms with Gasteiger partial charge in [-0.15, -0.1) is 0 Å². The molecule has 1 spiro atoms. The molecule has 31 heavy (non-hydrogen) atoms. The Morgan fingerprint density at radius 2 is 2.03 bits per heavy atom. The van der Waals surface area contributed by atoms with Crippen LogP contribution in [0.2, 0.25) is 0 Å². The number of hydrogen-bond acceptors (Lipinski definition) is 5. The van der Waals surface area contributed by atoms with E-state index in [4.69, 9.17) is 9.47 Å². The summed E-state index contributed by atoms with van der Waals surface area (Å²) in [6.07, 6.45) is 5.26. The maximum Gasteiger partial charge on any atom is 0.325 e. The molecule has 1 atom stereocenters. The Morgan fingerprint density at radius 3 is 2.74 bits per heavy atom. The van der Waals surface area contributed by atoms with Gasteiger partial charge in [-0.25, -0.2) is 4.79 Å². The molecule has 1 aliphatic carbocycles. The monoisotopic (exact) mass is 429 g/mol. The third-order valence-electron chi connectivity index (χ3n) is 6.61. The molecule has 0 bridgehead atoms. The van der Waals surface area contributed by atoms with Crippen molar-refractivity contribution < 1.29 is 23.9 Å². The summed E-state index contributed by atoms with van der Waals surface area (Å²) in [7, 11) is 1.61. The van der Waals surface area contributed by atoms with Crippen molar-refractivity contribution in [1.29, 1.82) is 0 Å². The van der Waals surface area contributed by atoms with Crippen LogP contribution < -0.4 is 10.1 Å². The van der Waals surface area contributed by atoms with E-state index in [1.807, 2.05) is 24.3 Å². The largest absolute Gasteiger partial charge is 0.496 e. The van der Waals surface area contributed by atoms with E-state index in [-0.39, 0.29) is 36.9 Å². The van der Waals surface area contributed by atoms with Crippen LogP contribution in [0.3, 0.4) is 0 Å². The van der Waals surface area contributed by atoms with Gasteiger partial charge in [-0.05, 0) is 31.7 Å². The Kier molecular flexibility index (Phi) is 6.46. The zero-order valence-electron chi connectivity index (χ0n) is 18.1. The van der Waals surface area contributed by atoms with E-state index >= 15 is 0 Å². The first-order valence-corrected chi connectivity index (χ1v) is 11.2. The first-order chi connectivity index (χ1) is 15.0. The number of rotatable bonds is 8. The summed E-state index contributed by atoms with van der Waals surface area (Å²) in [4.78, 5) is 41.4. The molecule has 168 valence electrons. The van der Waals surface area contributed by atoms with Gasteiger partial charge in [-0.1, -0.05) is 31.0 Å². The lowest BCUT2D eigenvalue weighted by atomic mass is 9.98. The van der Waals surface area contributed by atoms with Crippen LogP contribution in [0.1, 0.15) is 50.5 Å². The standard InChI is InChI=1S/C23H31N3O5/c1-30-19-9-3-2-7-17(19)15-25(16-18-8-6-14-31-18)20(27)10-13-26-21(28)23(24-22(26)29)11-4-5-12-23/h2-3,7,9,18H,4-6,8,10-16H2,1H3,(H,24,29). The van der Waals surface area contributed by atoms with Gasteiger partial charge in [-0.3, -0.25) is 14.5 Å². The van der Waals surface area contributed by atoms with Crippen molar-refractivity contribution in [2.24, 2.45) is 0 Å². The van der Waals surface area contributed by atoms with Gasteiger partial charge < -0.3 is 19.7 Å². The highest BCUT2D eigenvalue weighted by Crippen LogP contribution is 2.35. The van der Waals surface area contributed by atoms with E-state index in [0.29, 0.717) is 32.5 Å². The maximum atomic E-state index is 13.2. The lowest BCUT2D eigenvalue weighted by molar-refractivity contribution is -0.135. The lowest BCUT2D eigenvalue weighted by Gasteiger charge is -2.27. The smallest absolute Gasteiger partial charge is 0.325 e. The van der Waals surface area contributed by atoms with Crippen molar-refractivity contribution in [3.63, 3.8) is 0 Å². The van der Waals surface area contributed by atoms with Crippen LogP contribution in [-0.4, -0.2) is 66.1 Å². The summed E-state index contributed by atoms with van der Waals surface area (Å²) in [6.45, 7) is 1.69. The molecule has 3 fully saturated rings. The molecule has 2 aliphatic heterocycles. The molecule has 0 radical (unpaired) electrons. The summed E-state index contributed by atoms with van der Waals surface area (Å²) < 4.78 is 11.2. The number of imide groups is 1. The van der Waals surface area contributed by atoms with E-state index in [2.05, 4.69) is 5.32 Å². The number of hydrogen-bond donors (Lipinski definition) is 1. The minimum Gasteiger partial charge on any atom is -0.496 e. The normalized spacial score (nSPS) is 22.2. The Balaban J connectivity index is 1.43. The number of methoxy groups -OCH3 is 1. The predicted molar refractivity (Wildman–Crippen MR) is 113 cm³/mol. The number of nitrogens with zero attached hydrogens (tertiary/aromatic N) is 2. The molecule has 4 rings (SSSR count). The zero-order chi connectivity index (χ0) is 21.8. The Morgan fingerprint density at radius 1 is 1.26 bits per heavy atom. The summed E-state index contributed by atoms with van der Waals surface area (Å²) in [5.41, 5.74) is 0.172. The summed E-state index contributed by atoms with van der Waals surface area (Å²) in [5, 5.41) is 2.87. The van der Waals surface area contributed by atoms with Gasteiger partial charge in [0.15, 0.2) is 0 Å². The number of carbonyl (C=O) groups excluding carboxylic acids is 3. The molecule has 1 aromatic carbocycles. The number of nitrogens with one attached hydrogen (secondary N) is 1. The second-order valence-corrected chi connectivity index (χ2v) is 8.65. The quantitative estimate of drug-likeness (QED) is 0.642. The van der Waals surface area contributed by atoms with E-state index in [0.717, 1.165) is 37.0 Å². The van der Waals surface area contributed by atoms with Crippen LogP contribution in [0, 0.1) is 0 Å². The van der Waals surface area contributed by atoms with Crippen LogP contribution in [-0.2, 0) is 20.9 Å². The maximum absolute atomic E-state index is 13.2. The van der Waals surface area contributed by atoms with Crippen LogP contribution in [0.5, 0.6) is 5.75 Å². The van der Waals surface area contributed by atoms with E-state index < -0.39 is 5.54 Å². The number of para-hydroxylation sites is 1. The first-order valence-electron chi connectivity index (χ1n) is 11.2. The number of carbonyl (C=O) groups is 3. The summed E-state index contributed by atoms with van der Waals surface area (Å²) in [5.74, 6) is 0.442. The molecular formula is C23H31N3O5. The van der Waals surface area contributed by atoms with Crippen molar-refractivity contribution in [2.45, 2.75) is 63.1 Å². The Hall–Kier alpha value is -2.61. The van der Waals surface area contributed by atoms with Gasteiger partial charge in [0.2, 0.25) is 5.91 Å². The van der Waals surface area contributed by atoms with Crippen molar-refractivity contribution in [2.75, 3.05) is 26.8 Å². The van der Waals surface area contributed by atoms with Crippen molar-refractivity contribution >= 4 is 17.8 Å². The van der Waals surface area contributed by atoms with Gasteiger partial charge in [0.1, 0.15) is 11.3 Å². The van der Waals surface area contributed by atoms with Crippen LogP contribution in [0.4, 0.5) is 4.79 Å². The average Bonchev–Trinajstić information content (AvgIpc) is 3.50. The topological polar surface area (TPSA) is 88.2 Å². The second kappa shape index (κ2) is 9.26. The van der Waals surface area contributed by atoms with Gasteiger partial charge in [0.25, 0.3) is 5.91 Å². The fourth-order valence-corrected chi connectivity index (χ4v) is 4.89. The molecule has 1 unspecified atom stereocenters. The van der Waals surface area contributed by atoms with E-state index in [9.17, 15) is 14.4 Å². The molecule has 8 heteroatoms. The number of benzene rings is 1. The number of amides is 4. The molecule has 2 heterocycles. The van der Waals surface area contributed by atoms with Crippen LogP contribution >= 0.6 is 0 Å². The molecule has 1 aromatic rings. The van der Waals surface area contributed by atoms with E-state index in [1.165, 1.54) is 4.90 Å². The molecule has 1 saturated carbocycles. The van der Waals surface area contributed by atoms with Crippen LogP contribution in [0.25, 0.3) is 0 Å². The van der Waals surface area contributed by atoms with Crippen LogP contribution in [0.15, 0.2) is 24.3 Å². The molecule has 0 aromatic heterocycles. The molecule has 2 saturated heterocycles. The lowest BCUT2D eigenvalue weighted by Crippen LogP contribution is -2.44. The predicted octanol–water partition coefficient (Wildman–Crippen LogP) is 2.46. The van der Waals surface area contributed by atoms with Crippen molar-refractivity contribution in [1.82, 2.24) is 15.1 Å². The third kappa shape index (κ3) is 4.54. The fraction of sp³-hybridized carbons (Fsp3) is 0.609. The molecule has 4 amide bonds. The Labute approximate surface area is 182 Å². The number of urea groups is 1. The highest BCUT2D eigenvalue weighted by Gasteiger charge is 2.52.